The molecule has 0 bridgehead atoms. The topological polar surface area (TPSA) is 53.1 Å². The molecule has 4 nitrogen and oxygen atoms in total. The van der Waals surface area contributed by atoms with E-state index in [1.165, 1.54) is 5.56 Å². The van der Waals surface area contributed by atoms with E-state index in [9.17, 15) is 0 Å². The number of benzene rings is 1. The second-order valence-corrected chi connectivity index (χ2v) is 3.96. The molecular weight excluding hydrogens is 214 g/mol. The van der Waals surface area contributed by atoms with Crippen LogP contribution in [0, 0.1) is 6.92 Å². The number of aromatic nitrogens is 2. The van der Waals surface area contributed by atoms with Crippen LogP contribution in [0.3, 0.4) is 0 Å². The molecule has 1 aromatic carbocycles. The molecule has 90 valence electrons. The number of rotatable bonds is 4. The van der Waals surface area contributed by atoms with Gasteiger partial charge in [0, 0.05) is 6.54 Å². The average molecular weight is 231 g/mol. The first-order valence-corrected chi connectivity index (χ1v) is 5.70. The quantitative estimate of drug-likeness (QED) is 0.878. The fourth-order valence-electron chi connectivity index (χ4n) is 1.64. The van der Waals surface area contributed by atoms with Crippen LogP contribution in [0.15, 0.2) is 30.5 Å². The largest absolute Gasteiger partial charge is 0.487 e. The lowest BCUT2D eigenvalue weighted by Crippen LogP contribution is -2.07. The zero-order chi connectivity index (χ0) is 12.3. The van der Waals surface area contributed by atoms with Gasteiger partial charge < -0.3 is 10.5 Å². The Kier molecular flexibility index (Phi) is 3.32. The van der Waals surface area contributed by atoms with Crippen LogP contribution in [-0.4, -0.2) is 9.78 Å². The maximum atomic E-state index is 5.84. The molecule has 0 spiro atoms. The van der Waals surface area contributed by atoms with E-state index in [4.69, 9.17) is 10.5 Å². The van der Waals surface area contributed by atoms with E-state index in [2.05, 4.69) is 5.10 Å². The fourth-order valence-corrected chi connectivity index (χ4v) is 1.64. The van der Waals surface area contributed by atoms with Gasteiger partial charge in [-0.2, -0.15) is 5.10 Å². The molecule has 0 aliphatic carbocycles. The van der Waals surface area contributed by atoms with Crippen molar-refractivity contribution in [1.82, 2.24) is 9.78 Å². The third-order valence-corrected chi connectivity index (χ3v) is 2.68. The summed E-state index contributed by atoms with van der Waals surface area (Å²) < 4.78 is 7.54. The molecular formula is C13H17N3O. The highest BCUT2D eigenvalue weighted by Gasteiger charge is 2.07. The smallest absolute Gasteiger partial charge is 0.132 e. The summed E-state index contributed by atoms with van der Waals surface area (Å²) in [6.45, 7) is 5.32. The van der Waals surface area contributed by atoms with Crippen molar-refractivity contribution >= 4 is 5.69 Å². The van der Waals surface area contributed by atoms with Gasteiger partial charge in [-0.05, 0) is 26.0 Å². The standard InChI is InChI=1S/C13H17N3O/c1-3-16-13(12(14)8-15-16)9-17-11-6-4-10(2)5-7-11/h4-8H,3,9,14H2,1-2H3. The Bertz CT molecular complexity index is 488. The van der Waals surface area contributed by atoms with Gasteiger partial charge >= 0.3 is 0 Å². The van der Waals surface area contributed by atoms with Crippen molar-refractivity contribution in [1.29, 1.82) is 0 Å². The van der Waals surface area contributed by atoms with Crippen LogP contribution in [-0.2, 0) is 13.2 Å². The van der Waals surface area contributed by atoms with Crippen LogP contribution in [0.1, 0.15) is 18.2 Å². The monoisotopic (exact) mass is 231 g/mol. The molecule has 0 aliphatic rings. The first kappa shape index (κ1) is 11.5. The molecule has 17 heavy (non-hydrogen) atoms. The second-order valence-electron chi connectivity index (χ2n) is 3.96. The molecule has 0 fully saturated rings. The first-order chi connectivity index (χ1) is 8.20. The minimum atomic E-state index is 0.447. The number of aryl methyl sites for hydroxylation is 2. The second kappa shape index (κ2) is 4.91. The predicted molar refractivity (Wildman–Crippen MR) is 67.8 cm³/mol. The zero-order valence-corrected chi connectivity index (χ0v) is 10.2. The van der Waals surface area contributed by atoms with E-state index in [-0.39, 0.29) is 0 Å². The first-order valence-electron chi connectivity index (χ1n) is 5.70. The number of nitrogens with zero attached hydrogens (tertiary/aromatic N) is 2. The van der Waals surface area contributed by atoms with Gasteiger partial charge in [0.2, 0.25) is 0 Å². The predicted octanol–water partition coefficient (Wildman–Crippen LogP) is 2.37. The Labute approximate surface area is 101 Å². The van der Waals surface area contributed by atoms with Gasteiger partial charge in [-0.3, -0.25) is 4.68 Å². The number of hydrogen-bond acceptors (Lipinski definition) is 3. The van der Waals surface area contributed by atoms with E-state index in [1.54, 1.807) is 6.20 Å². The molecule has 2 aromatic rings. The fraction of sp³-hybridized carbons (Fsp3) is 0.308. The van der Waals surface area contributed by atoms with Crippen molar-refractivity contribution in [2.24, 2.45) is 0 Å². The summed E-state index contributed by atoms with van der Waals surface area (Å²) in [6.07, 6.45) is 1.66. The van der Waals surface area contributed by atoms with Gasteiger partial charge in [0.15, 0.2) is 0 Å². The molecule has 4 heteroatoms. The van der Waals surface area contributed by atoms with Gasteiger partial charge in [-0.25, -0.2) is 0 Å². The Morgan fingerprint density at radius 3 is 2.65 bits per heavy atom. The van der Waals surface area contributed by atoms with E-state index >= 15 is 0 Å². The third-order valence-electron chi connectivity index (χ3n) is 2.68. The molecule has 1 heterocycles. The van der Waals surface area contributed by atoms with Crippen molar-refractivity contribution < 1.29 is 4.74 Å². The molecule has 0 amide bonds. The van der Waals surface area contributed by atoms with Crippen LogP contribution in [0.4, 0.5) is 5.69 Å². The highest BCUT2D eigenvalue weighted by atomic mass is 16.5. The molecule has 0 saturated heterocycles. The zero-order valence-electron chi connectivity index (χ0n) is 10.2. The maximum absolute atomic E-state index is 5.84. The molecule has 1 aromatic heterocycles. The van der Waals surface area contributed by atoms with Crippen LogP contribution in [0.5, 0.6) is 5.75 Å². The summed E-state index contributed by atoms with van der Waals surface area (Å²) in [4.78, 5) is 0. The van der Waals surface area contributed by atoms with Crippen LogP contribution in [0.25, 0.3) is 0 Å². The third kappa shape index (κ3) is 2.58. The van der Waals surface area contributed by atoms with E-state index in [1.807, 2.05) is 42.8 Å². The molecule has 2 N–H and O–H groups in total. The van der Waals surface area contributed by atoms with Gasteiger partial charge in [-0.15, -0.1) is 0 Å². The van der Waals surface area contributed by atoms with Crippen molar-refractivity contribution in [3.8, 4) is 5.75 Å². The Morgan fingerprint density at radius 1 is 1.29 bits per heavy atom. The normalized spacial score (nSPS) is 10.5. The van der Waals surface area contributed by atoms with Crippen LogP contribution >= 0.6 is 0 Å². The van der Waals surface area contributed by atoms with Gasteiger partial charge in [0.05, 0.1) is 17.6 Å². The van der Waals surface area contributed by atoms with Crippen molar-refractivity contribution in [2.75, 3.05) is 5.73 Å². The summed E-state index contributed by atoms with van der Waals surface area (Å²) in [6, 6.07) is 7.96. The van der Waals surface area contributed by atoms with E-state index in [0.717, 1.165) is 18.0 Å². The highest BCUT2D eigenvalue weighted by molar-refractivity contribution is 5.40. The molecule has 2 rings (SSSR count). The summed E-state index contributed by atoms with van der Waals surface area (Å²) >= 11 is 0. The summed E-state index contributed by atoms with van der Waals surface area (Å²) in [5, 5.41) is 4.17. The molecule has 0 radical (unpaired) electrons. The van der Waals surface area contributed by atoms with Crippen LogP contribution < -0.4 is 10.5 Å². The molecule has 0 saturated carbocycles. The van der Waals surface area contributed by atoms with Crippen LogP contribution in [0.2, 0.25) is 0 Å². The summed E-state index contributed by atoms with van der Waals surface area (Å²) in [7, 11) is 0. The summed E-state index contributed by atoms with van der Waals surface area (Å²) in [5.74, 6) is 0.846. The number of nitrogen functional groups attached to an aromatic ring is 1. The lowest BCUT2D eigenvalue weighted by atomic mass is 10.2. The number of hydrogen-bond donors (Lipinski definition) is 1. The number of anilines is 1. The maximum Gasteiger partial charge on any atom is 0.132 e. The molecule has 0 atom stereocenters. The van der Waals surface area contributed by atoms with Crippen molar-refractivity contribution in [3.05, 3.63) is 41.7 Å². The van der Waals surface area contributed by atoms with Gasteiger partial charge in [0.25, 0.3) is 0 Å². The SMILES string of the molecule is CCn1ncc(N)c1COc1ccc(C)cc1. The van der Waals surface area contributed by atoms with E-state index < -0.39 is 0 Å². The number of nitrogens with two attached hydrogens (primary N) is 1. The number of ether oxygens (including phenoxy) is 1. The molecule has 0 aliphatic heterocycles. The van der Waals surface area contributed by atoms with Crippen molar-refractivity contribution in [3.63, 3.8) is 0 Å². The molecule has 0 unspecified atom stereocenters. The van der Waals surface area contributed by atoms with Crippen molar-refractivity contribution in [2.45, 2.75) is 27.0 Å². The average Bonchev–Trinajstić information content (AvgIpc) is 2.69. The van der Waals surface area contributed by atoms with Gasteiger partial charge in [-0.1, -0.05) is 17.7 Å². The Balaban J connectivity index is 2.06. The minimum absolute atomic E-state index is 0.447. The Hall–Kier alpha value is -1.97. The Morgan fingerprint density at radius 2 is 2.00 bits per heavy atom. The summed E-state index contributed by atoms with van der Waals surface area (Å²) in [5.41, 5.74) is 8.66. The highest BCUT2D eigenvalue weighted by Crippen LogP contribution is 2.16. The minimum Gasteiger partial charge on any atom is -0.487 e. The van der Waals surface area contributed by atoms with Gasteiger partial charge in [0.1, 0.15) is 12.4 Å². The lowest BCUT2D eigenvalue weighted by molar-refractivity contribution is 0.293. The lowest BCUT2D eigenvalue weighted by Gasteiger charge is -2.08. The van der Waals surface area contributed by atoms with E-state index in [0.29, 0.717) is 12.3 Å².